The first-order valence-corrected chi connectivity index (χ1v) is 7.68. The molecule has 2 aromatic rings. The van der Waals surface area contributed by atoms with Crippen molar-refractivity contribution in [3.05, 3.63) is 36.2 Å². The fourth-order valence-corrected chi connectivity index (χ4v) is 1.99. The van der Waals surface area contributed by atoms with Crippen LogP contribution < -0.4 is 10.6 Å². The number of nitrogens with one attached hydrogen (secondary N) is 2. The second-order valence-electron chi connectivity index (χ2n) is 5.37. The van der Waals surface area contributed by atoms with E-state index in [4.69, 9.17) is 9.63 Å². The molecule has 1 aromatic carbocycles. The molecule has 0 bridgehead atoms. The van der Waals surface area contributed by atoms with E-state index in [9.17, 15) is 4.79 Å². The molecular formula is C16H22N4O3. The van der Waals surface area contributed by atoms with Crippen molar-refractivity contribution >= 4 is 6.03 Å². The smallest absolute Gasteiger partial charge is 0.315 e. The number of aliphatic hydroxyl groups excluding tert-OH is 1. The largest absolute Gasteiger partial charge is 0.394 e. The maximum atomic E-state index is 11.7. The van der Waals surface area contributed by atoms with Crippen LogP contribution in [0, 0.1) is 0 Å². The lowest BCUT2D eigenvalue weighted by Crippen LogP contribution is -2.44. The Morgan fingerprint density at radius 1 is 1.35 bits per heavy atom. The molecule has 0 spiro atoms. The lowest BCUT2D eigenvalue weighted by Gasteiger charge is -2.15. The predicted molar refractivity (Wildman–Crippen MR) is 85.8 cm³/mol. The molecule has 0 aliphatic rings. The molecular weight excluding hydrogens is 296 g/mol. The van der Waals surface area contributed by atoms with Gasteiger partial charge < -0.3 is 20.3 Å². The van der Waals surface area contributed by atoms with Gasteiger partial charge in [0, 0.05) is 12.1 Å². The quantitative estimate of drug-likeness (QED) is 0.724. The van der Waals surface area contributed by atoms with E-state index >= 15 is 0 Å². The van der Waals surface area contributed by atoms with Gasteiger partial charge in [0.2, 0.25) is 11.7 Å². The number of carbonyl (C=O) groups excluding carboxylic acids is 1. The topological polar surface area (TPSA) is 100 Å². The van der Waals surface area contributed by atoms with Crippen LogP contribution in [0.4, 0.5) is 4.79 Å². The number of benzene rings is 1. The third kappa shape index (κ3) is 4.79. The number of carbonyl (C=O) groups is 1. The zero-order valence-corrected chi connectivity index (χ0v) is 13.3. The molecule has 7 heteroatoms. The first-order valence-electron chi connectivity index (χ1n) is 7.68. The van der Waals surface area contributed by atoms with Crippen LogP contribution >= 0.6 is 0 Å². The van der Waals surface area contributed by atoms with E-state index in [1.54, 1.807) is 0 Å². The highest BCUT2D eigenvalue weighted by Crippen LogP contribution is 2.18. The molecule has 0 saturated carbocycles. The summed E-state index contributed by atoms with van der Waals surface area (Å²) in [5, 5.41) is 18.5. The molecule has 2 unspecified atom stereocenters. The Balaban J connectivity index is 1.88. The van der Waals surface area contributed by atoms with Gasteiger partial charge in [0.1, 0.15) is 0 Å². The van der Waals surface area contributed by atoms with E-state index in [2.05, 4.69) is 20.8 Å². The molecule has 2 atom stereocenters. The number of aromatic nitrogens is 2. The van der Waals surface area contributed by atoms with Gasteiger partial charge in [-0.3, -0.25) is 0 Å². The van der Waals surface area contributed by atoms with Gasteiger partial charge in [0.25, 0.3) is 0 Å². The number of hydrogen-bond acceptors (Lipinski definition) is 5. The second kappa shape index (κ2) is 8.28. The molecule has 7 nitrogen and oxygen atoms in total. The summed E-state index contributed by atoms with van der Waals surface area (Å²) in [5.74, 6) is 0.890. The summed E-state index contributed by atoms with van der Waals surface area (Å²) in [6.45, 7) is 4.08. The van der Waals surface area contributed by atoms with E-state index in [0.29, 0.717) is 24.7 Å². The van der Waals surface area contributed by atoms with Crippen LogP contribution in [0.5, 0.6) is 0 Å². The van der Waals surface area contributed by atoms with Crippen molar-refractivity contribution in [1.29, 1.82) is 0 Å². The van der Waals surface area contributed by atoms with Crippen LogP contribution in [0.25, 0.3) is 11.4 Å². The van der Waals surface area contributed by atoms with E-state index in [-0.39, 0.29) is 24.6 Å². The van der Waals surface area contributed by atoms with Gasteiger partial charge in [0.15, 0.2) is 0 Å². The maximum Gasteiger partial charge on any atom is 0.315 e. The van der Waals surface area contributed by atoms with E-state index in [1.807, 2.05) is 44.2 Å². The normalized spacial score (nSPS) is 13.3. The average molecular weight is 318 g/mol. The summed E-state index contributed by atoms with van der Waals surface area (Å²) in [6.07, 6.45) is 0.670. The van der Waals surface area contributed by atoms with Gasteiger partial charge in [-0.15, -0.1) is 0 Å². The summed E-state index contributed by atoms with van der Waals surface area (Å²) in [6, 6.07) is 9.00. The second-order valence-corrected chi connectivity index (χ2v) is 5.37. The summed E-state index contributed by atoms with van der Waals surface area (Å²) < 4.78 is 5.26. The highest BCUT2D eigenvalue weighted by molar-refractivity contribution is 5.74. The average Bonchev–Trinajstić information content (AvgIpc) is 3.08. The minimum Gasteiger partial charge on any atom is -0.394 e. The summed E-state index contributed by atoms with van der Waals surface area (Å²) in [4.78, 5) is 16.1. The standard InChI is InChI=1S/C16H22N4O3/c1-3-13(10-21)18-16(22)17-9-11(2)15-19-14(20-23-15)12-7-5-4-6-8-12/h4-8,11,13,21H,3,9-10H2,1-2H3,(H2,17,18,22). The van der Waals surface area contributed by atoms with Crippen LogP contribution in [0.15, 0.2) is 34.9 Å². The first-order chi connectivity index (χ1) is 11.1. The number of urea groups is 1. The molecule has 0 aliphatic heterocycles. The Bertz CT molecular complexity index is 611. The monoisotopic (exact) mass is 318 g/mol. The van der Waals surface area contributed by atoms with Crippen molar-refractivity contribution in [2.75, 3.05) is 13.2 Å². The van der Waals surface area contributed by atoms with Crippen LogP contribution in [0.1, 0.15) is 32.1 Å². The van der Waals surface area contributed by atoms with Crippen molar-refractivity contribution < 1.29 is 14.4 Å². The molecule has 0 fully saturated rings. The first kappa shape index (κ1) is 17.0. The van der Waals surface area contributed by atoms with Crippen molar-refractivity contribution in [3.63, 3.8) is 0 Å². The molecule has 0 saturated heterocycles. The van der Waals surface area contributed by atoms with Crippen LogP contribution in [-0.4, -0.2) is 40.5 Å². The van der Waals surface area contributed by atoms with E-state index in [1.165, 1.54) is 0 Å². The molecule has 0 aliphatic carbocycles. The lowest BCUT2D eigenvalue weighted by atomic mass is 10.2. The molecule has 0 radical (unpaired) electrons. The number of hydrogen-bond donors (Lipinski definition) is 3. The van der Waals surface area contributed by atoms with Crippen molar-refractivity contribution in [1.82, 2.24) is 20.8 Å². The third-order valence-electron chi connectivity index (χ3n) is 3.51. The summed E-state index contributed by atoms with van der Waals surface area (Å²) in [7, 11) is 0. The highest BCUT2D eigenvalue weighted by atomic mass is 16.5. The minimum atomic E-state index is -0.319. The summed E-state index contributed by atoms with van der Waals surface area (Å²) in [5.41, 5.74) is 0.883. The Hall–Kier alpha value is -2.41. The maximum absolute atomic E-state index is 11.7. The van der Waals surface area contributed by atoms with Crippen LogP contribution in [0.3, 0.4) is 0 Å². The summed E-state index contributed by atoms with van der Waals surface area (Å²) >= 11 is 0. The van der Waals surface area contributed by atoms with Gasteiger partial charge in [-0.2, -0.15) is 4.98 Å². The number of nitrogens with zero attached hydrogens (tertiary/aromatic N) is 2. The Labute approximate surface area is 135 Å². The molecule has 2 rings (SSSR count). The van der Waals surface area contributed by atoms with Gasteiger partial charge in [0.05, 0.1) is 18.6 Å². The molecule has 1 aromatic heterocycles. The zero-order chi connectivity index (χ0) is 16.7. The van der Waals surface area contributed by atoms with Gasteiger partial charge in [-0.1, -0.05) is 49.3 Å². The van der Waals surface area contributed by atoms with E-state index < -0.39 is 0 Å². The lowest BCUT2D eigenvalue weighted by molar-refractivity contribution is 0.214. The van der Waals surface area contributed by atoms with Crippen LogP contribution in [-0.2, 0) is 0 Å². The Kier molecular flexibility index (Phi) is 6.10. The minimum absolute atomic E-state index is 0.0798. The fourth-order valence-electron chi connectivity index (χ4n) is 1.99. The molecule has 124 valence electrons. The van der Waals surface area contributed by atoms with Crippen LogP contribution in [0.2, 0.25) is 0 Å². The van der Waals surface area contributed by atoms with Crippen molar-refractivity contribution in [2.45, 2.75) is 32.2 Å². The van der Waals surface area contributed by atoms with Crippen molar-refractivity contribution in [3.8, 4) is 11.4 Å². The molecule has 23 heavy (non-hydrogen) atoms. The number of amides is 2. The predicted octanol–water partition coefficient (Wildman–Crippen LogP) is 1.91. The highest BCUT2D eigenvalue weighted by Gasteiger charge is 2.17. The van der Waals surface area contributed by atoms with Gasteiger partial charge in [-0.05, 0) is 6.42 Å². The molecule has 3 N–H and O–H groups in total. The number of rotatable bonds is 7. The number of aliphatic hydroxyl groups is 1. The van der Waals surface area contributed by atoms with E-state index in [0.717, 1.165) is 5.56 Å². The van der Waals surface area contributed by atoms with Crippen molar-refractivity contribution in [2.24, 2.45) is 0 Å². The third-order valence-corrected chi connectivity index (χ3v) is 3.51. The molecule has 2 amide bonds. The SMILES string of the molecule is CCC(CO)NC(=O)NCC(C)c1nc(-c2ccccc2)no1. The fraction of sp³-hybridized carbons (Fsp3) is 0.438. The molecule has 1 heterocycles. The Morgan fingerprint density at radius 3 is 2.74 bits per heavy atom. The Morgan fingerprint density at radius 2 is 2.09 bits per heavy atom. The van der Waals surface area contributed by atoms with Gasteiger partial charge >= 0.3 is 6.03 Å². The zero-order valence-electron chi connectivity index (χ0n) is 13.3. The van der Waals surface area contributed by atoms with Gasteiger partial charge in [-0.25, -0.2) is 4.79 Å².